The van der Waals surface area contributed by atoms with Gasteiger partial charge in [-0.1, -0.05) is 11.6 Å². The first-order chi connectivity index (χ1) is 6.75. The molecule has 1 rings (SSSR count). The van der Waals surface area contributed by atoms with Gasteiger partial charge in [0.15, 0.2) is 0 Å². The van der Waals surface area contributed by atoms with Gasteiger partial charge in [0.05, 0.1) is 9.50 Å². The third kappa shape index (κ3) is 2.77. The zero-order valence-electron chi connectivity index (χ0n) is 6.72. The van der Waals surface area contributed by atoms with Crippen LogP contribution >= 0.6 is 38.2 Å². The Morgan fingerprint density at radius 2 is 2.00 bits per heavy atom. The second-order valence-electron chi connectivity index (χ2n) is 2.37. The van der Waals surface area contributed by atoms with Crippen LogP contribution in [-0.4, -0.2) is 13.4 Å². The summed E-state index contributed by atoms with van der Waals surface area (Å²) in [6, 6.07) is 0. The van der Waals surface area contributed by atoms with Gasteiger partial charge in [0.2, 0.25) is 0 Å². The lowest BCUT2D eigenvalue weighted by molar-refractivity contribution is 0.145. The summed E-state index contributed by atoms with van der Waals surface area (Å²) >= 11 is 8.27. The number of pyridine rings is 1. The third-order valence-electron chi connectivity index (χ3n) is 1.42. The molecule has 1 aromatic heterocycles. The number of rotatable bonds is 2. The molecule has 1 aromatic rings. The van der Waals surface area contributed by atoms with Gasteiger partial charge in [-0.25, -0.2) is 17.2 Å². The summed E-state index contributed by atoms with van der Waals surface area (Å²) < 4.78 is 46.2. The van der Waals surface area contributed by atoms with E-state index in [0.717, 1.165) is 0 Å². The van der Waals surface area contributed by atoms with Gasteiger partial charge in [-0.05, 0) is 15.9 Å². The first-order valence-corrected chi connectivity index (χ1v) is 6.80. The average molecular weight is 341 g/mol. The van der Waals surface area contributed by atoms with E-state index in [9.17, 15) is 17.2 Å². The molecule has 15 heavy (non-hydrogen) atoms. The molecule has 0 saturated carbocycles. The van der Waals surface area contributed by atoms with Crippen molar-refractivity contribution in [3.63, 3.8) is 0 Å². The zero-order chi connectivity index (χ0) is 11.8. The Morgan fingerprint density at radius 1 is 1.47 bits per heavy atom. The van der Waals surface area contributed by atoms with Crippen molar-refractivity contribution in [1.29, 1.82) is 0 Å². The van der Waals surface area contributed by atoms with E-state index in [0.29, 0.717) is 6.20 Å². The summed E-state index contributed by atoms with van der Waals surface area (Å²) in [5.74, 6) is 0. The van der Waals surface area contributed by atoms with Gasteiger partial charge in [0, 0.05) is 16.9 Å². The Kier molecular flexibility index (Phi) is 3.91. The van der Waals surface area contributed by atoms with Crippen LogP contribution in [0.4, 0.5) is 8.78 Å². The van der Waals surface area contributed by atoms with Crippen LogP contribution in [0.5, 0.6) is 0 Å². The molecule has 0 unspecified atom stereocenters. The highest BCUT2D eigenvalue weighted by molar-refractivity contribution is 9.10. The highest BCUT2D eigenvalue weighted by atomic mass is 79.9. The minimum atomic E-state index is -4.10. The Bertz CT molecular complexity index is 494. The summed E-state index contributed by atoms with van der Waals surface area (Å²) in [5, 5.41) is -0.407. The summed E-state index contributed by atoms with van der Waals surface area (Å²) in [4.78, 5) is 2.75. The molecule has 0 saturated heterocycles. The quantitative estimate of drug-likeness (QED) is 0.775. The van der Waals surface area contributed by atoms with E-state index >= 15 is 0 Å². The van der Waals surface area contributed by atoms with E-state index in [-0.39, 0.29) is 4.47 Å². The molecule has 0 aliphatic rings. The maximum Gasteiger partial charge on any atom is 0.281 e. The summed E-state index contributed by atoms with van der Waals surface area (Å²) in [6.07, 6.45) is -2.17. The van der Waals surface area contributed by atoms with Gasteiger partial charge < -0.3 is 0 Å². The van der Waals surface area contributed by atoms with E-state index < -0.39 is 31.1 Å². The van der Waals surface area contributed by atoms with Gasteiger partial charge in [0.25, 0.3) is 15.5 Å². The minimum absolute atomic E-state index is 0.277. The molecule has 1 heterocycles. The van der Waals surface area contributed by atoms with Gasteiger partial charge in [-0.15, -0.1) is 0 Å². The molecular weight excluding hydrogens is 339 g/mol. The molecule has 0 radical (unpaired) electrons. The monoisotopic (exact) mass is 339 g/mol. The first-order valence-electron chi connectivity index (χ1n) is 3.32. The van der Waals surface area contributed by atoms with E-state index in [1.54, 1.807) is 0 Å². The molecule has 0 bridgehead atoms. The van der Waals surface area contributed by atoms with Gasteiger partial charge >= 0.3 is 0 Å². The Balaban J connectivity index is 3.48. The van der Waals surface area contributed by atoms with Crippen molar-refractivity contribution in [3.05, 3.63) is 21.4 Å². The number of nitrogens with zero attached hydrogens (tertiary/aromatic N) is 1. The second-order valence-corrected chi connectivity index (χ2v) is 6.08. The molecular formula is C6H2BrCl2F2NO2S. The fraction of sp³-hybridized carbons (Fsp3) is 0.167. The van der Waals surface area contributed by atoms with Crippen LogP contribution in [0.2, 0.25) is 5.02 Å². The highest BCUT2D eigenvalue weighted by Gasteiger charge is 2.23. The van der Waals surface area contributed by atoms with Crippen LogP contribution in [0, 0.1) is 0 Å². The largest absolute Gasteiger partial charge is 0.281 e. The zero-order valence-corrected chi connectivity index (χ0v) is 10.6. The van der Waals surface area contributed by atoms with Crippen LogP contribution < -0.4 is 0 Å². The van der Waals surface area contributed by atoms with E-state index in [1.165, 1.54) is 0 Å². The summed E-state index contributed by atoms with van der Waals surface area (Å²) in [5.41, 5.74) is -0.635. The lowest BCUT2D eigenvalue weighted by atomic mass is 10.3. The predicted octanol–water partition coefficient (Wildman–Crippen LogP) is 3.36. The standard InChI is InChI=1S/C6H2BrCl2F2NO2S/c7-3-4(8)2(15(9,13)14)1-12-5(3)6(10)11/h1,6H. The third-order valence-corrected chi connectivity index (χ3v) is 4.29. The fourth-order valence-electron chi connectivity index (χ4n) is 0.784. The molecule has 0 N–H and O–H groups in total. The van der Waals surface area contributed by atoms with Crippen LogP contribution in [0.15, 0.2) is 15.6 Å². The van der Waals surface area contributed by atoms with E-state index in [2.05, 4.69) is 20.9 Å². The van der Waals surface area contributed by atoms with Crippen LogP contribution in [0.25, 0.3) is 0 Å². The SMILES string of the molecule is O=S(=O)(Cl)c1cnc(C(F)F)c(Br)c1Cl. The van der Waals surface area contributed by atoms with Crippen molar-refractivity contribution in [3.8, 4) is 0 Å². The molecule has 0 aliphatic carbocycles. The fourth-order valence-corrected chi connectivity index (χ4v) is 2.82. The predicted molar refractivity (Wildman–Crippen MR) is 54.9 cm³/mol. The van der Waals surface area contributed by atoms with Crippen molar-refractivity contribution in [2.24, 2.45) is 0 Å². The molecule has 0 amide bonds. The Morgan fingerprint density at radius 3 is 2.40 bits per heavy atom. The van der Waals surface area contributed by atoms with Crippen LogP contribution in [0.1, 0.15) is 12.1 Å². The highest BCUT2D eigenvalue weighted by Crippen LogP contribution is 2.36. The molecule has 9 heteroatoms. The normalized spacial score (nSPS) is 12.1. The van der Waals surface area contributed by atoms with Crippen LogP contribution in [-0.2, 0) is 9.05 Å². The van der Waals surface area contributed by atoms with Gasteiger partial charge in [-0.3, -0.25) is 4.98 Å². The lowest BCUT2D eigenvalue weighted by Gasteiger charge is -2.06. The summed E-state index contributed by atoms with van der Waals surface area (Å²) in [7, 11) is 0.912. The van der Waals surface area contributed by atoms with E-state index in [1.807, 2.05) is 0 Å². The number of aromatic nitrogens is 1. The number of alkyl halides is 2. The maximum absolute atomic E-state index is 12.3. The van der Waals surface area contributed by atoms with E-state index in [4.69, 9.17) is 22.3 Å². The molecule has 0 fully saturated rings. The molecule has 0 aliphatic heterocycles. The van der Waals surface area contributed by atoms with Crippen molar-refractivity contribution < 1.29 is 17.2 Å². The lowest BCUT2D eigenvalue weighted by Crippen LogP contribution is -1.99. The molecule has 3 nitrogen and oxygen atoms in total. The Labute approximate surface area is 102 Å². The first kappa shape index (κ1) is 13.1. The van der Waals surface area contributed by atoms with Crippen molar-refractivity contribution in [2.75, 3.05) is 0 Å². The topological polar surface area (TPSA) is 47.0 Å². The molecule has 0 aromatic carbocycles. The second kappa shape index (κ2) is 4.48. The maximum atomic E-state index is 12.3. The Hall–Kier alpha value is 0.0200. The minimum Gasteiger partial charge on any atom is -0.253 e. The van der Waals surface area contributed by atoms with Crippen LogP contribution in [0.3, 0.4) is 0 Å². The smallest absolute Gasteiger partial charge is 0.253 e. The number of halogens is 5. The van der Waals surface area contributed by atoms with Crippen molar-refractivity contribution >= 4 is 47.3 Å². The summed E-state index contributed by atoms with van der Waals surface area (Å²) in [6.45, 7) is 0. The average Bonchev–Trinajstić information content (AvgIpc) is 2.06. The molecule has 0 spiro atoms. The van der Waals surface area contributed by atoms with Gasteiger partial charge in [0.1, 0.15) is 10.6 Å². The van der Waals surface area contributed by atoms with Crippen molar-refractivity contribution in [1.82, 2.24) is 4.98 Å². The van der Waals surface area contributed by atoms with Gasteiger partial charge in [-0.2, -0.15) is 0 Å². The van der Waals surface area contributed by atoms with Crippen molar-refractivity contribution in [2.45, 2.75) is 11.3 Å². The molecule has 84 valence electrons. The number of hydrogen-bond donors (Lipinski definition) is 0. The number of hydrogen-bond acceptors (Lipinski definition) is 3. The molecule has 0 atom stereocenters.